The third-order valence-electron chi connectivity index (χ3n) is 3.54. The summed E-state index contributed by atoms with van der Waals surface area (Å²) >= 11 is 0. The Morgan fingerprint density at radius 1 is 1.32 bits per heavy atom. The molecular formula is C14H21ClF2N2. The number of halogens is 3. The van der Waals surface area contributed by atoms with Gasteiger partial charge in [0.2, 0.25) is 0 Å². The second kappa shape index (κ2) is 7.78. The molecule has 2 nitrogen and oxygen atoms in total. The highest BCUT2D eigenvalue weighted by Gasteiger charge is 2.22. The molecule has 0 amide bonds. The van der Waals surface area contributed by atoms with E-state index in [1.807, 2.05) is 6.07 Å². The van der Waals surface area contributed by atoms with Crippen molar-refractivity contribution in [2.45, 2.75) is 19.4 Å². The summed E-state index contributed by atoms with van der Waals surface area (Å²) in [4.78, 5) is 2.28. The van der Waals surface area contributed by atoms with Crippen LogP contribution in [0.3, 0.4) is 0 Å². The first-order valence-electron chi connectivity index (χ1n) is 6.49. The van der Waals surface area contributed by atoms with Crippen molar-refractivity contribution in [3.63, 3.8) is 0 Å². The predicted molar refractivity (Wildman–Crippen MR) is 76.2 cm³/mol. The van der Waals surface area contributed by atoms with Crippen LogP contribution in [0, 0.1) is 12.7 Å². The molecule has 0 radical (unpaired) electrons. The topological polar surface area (TPSA) is 15.3 Å². The van der Waals surface area contributed by atoms with Crippen LogP contribution in [0.1, 0.15) is 23.6 Å². The Kier molecular flexibility index (Phi) is 6.69. The van der Waals surface area contributed by atoms with Crippen molar-refractivity contribution in [1.82, 2.24) is 10.2 Å². The minimum atomic E-state index is -0.342. The molecule has 0 aromatic heterocycles. The molecule has 1 aliphatic rings. The first-order chi connectivity index (χ1) is 8.72. The summed E-state index contributed by atoms with van der Waals surface area (Å²) in [6.45, 7) is 5.11. The second-order valence-electron chi connectivity index (χ2n) is 4.79. The normalized spacial score (nSPS) is 17.8. The monoisotopic (exact) mass is 290 g/mol. The molecule has 1 fully saturated rings. The van der Waals surface area contributed by atoms with Crippen LogP contribution in [-0.4, -0.2) is 37.8 Å². The van der Waals surface area contributed by atoms with Crippen molar-refractivity contribution in [2.24, 2.45) is 0 Å². The number of rotatable bonds is 4. The number of hydrogen-bond donors (Lipinski definition) is 1. The zero-order chi connectivity index (χ0) is 13.0. The molecule has 0 saturated carbocycles. The average Bonchev–Trinajstić information content (AvgIpc) is 2.40. The molecule has 0 unspecified atom stereocenters. The van der Waals surface area contributed by atoms with Gasteiger partial charge < -0.3 is 5.32 Å². The van der Waals surface area contributed by atoms with Gasteiger partial charge in [-0.15, -0.1) is 12.4 Å². The quantitative estimate of drug-likeness (QED) is 0.917. The zero-order valence-electron chi connectivity index (χ0n) is 11.2. The molecule has 108 valence electrons. The summed E-state index contributed by atoms with van der Waals surface area (Å²) in [6.07, 6.45) is 0.477. The van der Waals surface area contributed by atoms with Gasteiger partial charge in [-0.1, -0.05) is 12.1 Å². The lowest BCUT2D eigenvalue weighted by Crippen LogP contribution is -2.45. The molecule has 0 bridgehead atoms. The molecule has 19 heavy (non-hydrogen) atoms. The average molecular weight is 291 g/mol. The van der Waals surface area contributed by atoms with Gasteiger partial charge in [0.05, 0.1) is 6.67 Å². The van der Waals surface area contributed by atoms with Crippen molar-refractivity contribution < 1.29 is 8.78 Å². The highest BCUT2D eigenvalue weighted by atomic mass is 35.5. The fraction of sp³-hybridized carbons (Fsp3) is 0.571. The van der Waals surface area contributed by atoms with Crippen LogP contribution in [0.15, 0.2) is 18.2 Å². The number of aryl methyl sites for hydroxylation is 1. The summed E-state index contributed by atoms with van der Waals surface area (Å²) in [6, 6.07) is 5.18. The van der Waals surface area contributed by atoms with Gasteiger partial charge in [-0.3, -0.25) is 9.29 Å². The summed E-state index contributed by atoms with van der Waals surface area (Å²) in [5.74, 6) is -0.196. The second-order valence-corrected chi connectivity index (χ2v) is 4.79. The molecule has 1 atom stereocenters. The summed E-state index contributed by atoms with van der Waals surface area (Å²) in [5, 5.41) is 3.29. The van der Waals surface area contributed by atoms with Crippen molar-refractivity contribution in [2.75, 3.05) is 32.9 Å². The van der Waals surface area contributed by atoms with Gasteiger partial charge in [-0.25, -0.2) is 4.39 Å². The van der Waals surface area contributed by atoms with Crippen LogP contribution < -0.4 is 5.32 Å². The third kappa shape index (κ3) is 4.13. The number of piperazine rings is 1. The van der Waals surface area contributed by atoms with Crippen LogP contribution in [0.2, 0.25) is 0 Å². The van der Waals surface area contributed by atoms with Crippen molar-refractivity contribution in [3.8, 4) is 0 Å². The molecular weight excluding hydrogens is 270 g/mol. The Balaban J connectivity index is 0.00000180. The first kappa shape index (κ1) is 16.3. The van der Waals surface area contributed by atoms with E-state index in [0.29, 0.717) is 12.0 Å². The Morgan fingerprint density at radius 3 is 2.58 bits per heavy atom. The Morgan fingerprint density at radius 2 is 2.00 bits per heavy atom. The maximum Gasteiger partial charge on any atom is 0.126 e. The van der Waals surface area contributed by atoms with Crippen molar-refractivity contribution in [3.05, 3.63) is 35.1 Å². The first-order valence-corrected chi connectivity index (χ1v) is 6.49. The van der Waals surface area contributed by atoms with Gasteiger partial charge in [0.15, 0.2) is 0 Å². The van der Waals surface area contributed by atoms with E-state index in [1.165, 1.54) is 6.07 Å². The van der Waals surface area contributed by atoms with E-state index in [1.54, 1.807) is 13.0 Å². The lowest BCUT2D eigenvalue weighted by atomic mass is 9.99. The molecule has 2 rings (SSSR count). The minimum Gasteiger partial charge on any atom is -0.314 e. The molecule has 5 heteroatoms. The SMILES string of the molecule is Cc1cc([C@@H](CCF)N2CCNCC2)ccc1F.Cl. The van der Waals surface area contributed by atoms with Crippen LogP contribution in [0.5, 0.6) is 0 Å². The van der Waals surface area contributed by atoms with E-state index in [-0.39, 0.29) is 30.9 Å². The van der Waals surface area contributed by atoms with Gasteiger partial charge in [0, 0.05) is 32.2 Å². The van der Waals surface area contributed by atoms with Crippen LogP contribution in [-0.2, 0) is 0 Å². The number of nitrogens with zero attached hydrogens (tertiary/aromatic N) is 1. The lowest BCUT2D eigenvalue weighted by Gasteiger charge is -2.35. The van der Waals surface area contributed by atoms with Gasteiger partial charge in [0.25, 0.3) is 0 Å². The van der Waals surface area contributed by atoms with E-state index < -0.39 is 0 Å². The van der Waals surface area contributed by atoms with Crippen molar-refractivity contribution >= 4 is 12.4 Å². The third-order valence-corrected chi connectivity index (χ3v) is 3.54. The van der Waals surface area contributed by atoms with Crippen LogP contribution in [0.25, 0.3) is 0 Å². The van der Waals surface area contributed by atoms with Gasteiger partial charge in [0.1, 0.15) is 5.82 Å². The largest absolute Gasteiger partial charge is 0.314 e. The van der Waals surface area contributed by atoms with Gasteiger partial charge in [-0.05, 0) is 30.5 Å². The van der Waals surface area contributed by atoms with Crippen LogP contribution in [0.4, 0.5) is 8.78 Å². The molecule has 1 aromatic carbocycles. The molecule has 1 aromatic rings. The van der Waals surface area contributed by atoms with E-state index in [9.17, 15) is 8.78 Å². The zero-order valence-corrected chi connectivity index (χ0v) is 12.0. The standard InChI is InChI=1S/C14H20F2N2.ClH/c1-11-10-12(2-3-13(11)16)14(4-5-15)18-8-6-17-7-9-18;/h2-3,10,14,17H,4-9H2,1H3;1H/t14-;/m1./s1. The number of benzene rings is 1. The molecule has 0 aliphatic carbocycles. The molecule has 0 spiro atoms. The van der Waals surface area contributed by atoms with E-state index in [0.717, 1.165) is 31.7 Å². The summed E-state index contributed by atoms with van der Waals surface area (Å²) < 4.78 is 26.0. The van der Waals surface area contributed by atoms with Crippen LogP contribution >= 0.6 is 12.4 Å². The number of alkyl halides is 1. The van der Waals surface area contributed by atoms with Gasteiger partial charge in [-0.2, -0.15) is 0 Å². The highest BCUT2D eigenvalue weighted by molar-refractivity contribution is 5.85. The Labute approximate surface area is 119 Å². The summed E-state index contributed by atoms with van der Waals surface area (Å²) in [5.41, 5.74) is 1.65. The van der Waals surface area contributed by atoms with E-state index in [2.05, 4.69) is 10.2 Å². The number of hydrogen-bond acceptors (Lipinski definition) is 2. The van der Waals surface area contributed by atoms with Crippen molar-refractivity contribution in [1.29, 1.82) is 0 Å². The fourth-order valence-electron chi connectivity index (χ4n) is 2.53. The maximum absolute atomic E-state index is 13.3. The Hall–Kier alpha value is -0.710. The summed E-state index contributed by atoms with van der Waals surface area (Å²) in [7, 11) is 0. The molecule has 1 N–H and O–H groups in total. The number of nitrogens with one attached hydrogen (secondary N) is 1. The van der Waals surface area contributed by atoms with E-state index >= 15 is 0 Å². The molecule has 1 heterocycles. The highest BCUT2D eigenvalue weighted by Crippen LogP contribution is 2.26. The molecule has 1 aliphatic heterocycles. The Bertz CT molecular complexity index is 395. The lowest BCUT2D eigenvalue weighted by molar-refractivity contribution is 0.157. The van der Waals surface area contributed by atoms with Gasteiger partial charge >= 0.3 is 0 Å². The minimum absolute atomic E-state index is 0. The maximum atomic E-state index is 13.3. The molecule has 1 saturated heterocycles. The fourth-order valence-corrected chi connectivity index (χ4v) is 2.53. The van der Waals surface area contributed by atoms with E-state index in [4.69, 9.17) is 0 Å². The predicted octanol–water partition coefficient (Wildman–Crippen LogP) is 2.86. The smallest absolute Gasteiger partial charge is 0.126 e.